The molecule has 0 spiro atoms. The van der Waals surface area contributed by atoms with Gasteiger partial charge < -0.3 is 10.4 Å². The summed E-state index contributed by atoms with van der Waals surface area (Å²) in [5, 5.41) is 9.67. The summed E-state index contributed by atoms with van der Waals surface area (Å²) in [5.74, 6) is -2.63. The Morgan fingerprint density at radius 2 is 2.07 bits per heavy atom. The monoisotopic (exact) mass is 221 g/mol. The van der Waals surface area contributed by atoms with E-state index < -0.39 is 27.0 Å². The molecule has 0 aromatic heterocycles. The van der Waals surface area contributed by atoms with Gasteiger partial charge in [-0.2, -0.15) is 0 Å². The number of carboxylic acid groups (broad SMARTS) is 1. The first-order chi connectivity index (χ1) is 6.43. The lowest BCUT2D eigenvalue weighted by atomic mass is 10.2. The molecular formula is C7H11NO5S. The van der Waals surface area contributed by atoms with Crippen molar-refractivity contribution in [3.8, 4) is 0 Å². The Labute approximate surface area is 81.2 Å². The van der Waals surface area contributed by atoms with E-state index in [0.717, 1.165) is 0 Å². The van der Waals surface area contributed by atoms with Crippen LogP contribution in [0.15, 0.2) is 0 Å². The van der Waals surface area contributed by atoms with Gasteiger partial charge in [-0.1, -0.05) is 0 Å². The Morgan fingerprint density at radius 3 is 2.50 bits per heavy atom. The van der Waals surface area contributed by atoms with Crippen molar-refractivity contribution in [2.45, 2.75) is 18.1 Å². The van der Waals surface area contributed by atoms with E-state index in [9.17, 15) is 18.0 Å². The van der Waals surface area contributed by atoms with Crippen LogP contribution in [0.25, 0.3) is 0 Å². The average molecular weight is 221 g/mol. The summed E-state index contributed by atoms with van der Waals surface area (Å²) in [6.07, 6.45) is 1.07. The van der Waals surface area contributed by atoms with Crippen molar-refractivity contribution in [2.75, 3.05) is 12.3 Å². The highest BCUT2D eigenvalue weighted by atomic mass is 32.2. The maximum Gasteiger partial charge on any atom is 0.394 e. The SMILES string of the molecule is O=C(O)C(=O)NCC1CCCS1(=O)=O. The van der Waals surface area contributed by atoms with Gasteiger partial charge in [-0.05, 0) is 12.8 Å². The molecular weight excluding hydrogens is 210 g/mol. The summed E-state index contributed by atoms with van der Waals surface area (Å²) < 4.78 is 22.5. The van der Waals surface area contributed by atoms with Crippen LogP contribution in [0.5, 0.6) is 0 Å². The summed E-state index contributed by atoms with van der Waals surface area (Å²) in [7, 11) is -3.12. The summed E-state index contributed by atoms with van der Waals surface area (Å²) in [6, 6.07) is 0. The first-order valence-corrected chi connectivity index (χ1v) is 5.88. The highest BCUT2D eigenvalue weighted by Gasteiger charge is 2.31. The highest BCUT2D eigenvalue weighted by molar-refractivity contribution is 7.92. The van der Waals surface area contributed by atoms with E-state index in [0.29, 0.717) is 12.8 Å². The number of hydrogen-bond donors (Lipinski definition) is 2. The van der Waals surface area contributed by atoms with Crippen LogP contribution in [-0.4, -0.2) is 42.9 Å². The van der Waals surface area contributed by atoms with E-state index >= 15 is 0 Å². The standard InChI is InChI=1S/C7H11NO5S/c9-6(7(10)11)8-4-5-2-1-3-14(5,12)13/h5H,1-4H2,(H,8,9)(H,10,11). The van der Waals surface area contributed by atoms with Crippen LogP contribution < -0.4 is 5.32 Å². The third-order valence-electron chi connectivity index (χ3n) is 2.15. The third-order valence-corrected chi connectivity index (χ3v) is 4.42. The van der Waals surface area contributed by atoms with Crippen LogP contribution in [0.2, 0.25) is 0 Å². The maximum atomic E-state index is 11.2. The molecule has 0 radical (unpaired) electrons. The molecule has 1 heterocycles. The van der Waals surface area contributed by atoms with Gasteiger partial charge in [-0.3, -0.25) is 4.79 Å². The van der Waals surface area contributed by atoms with E-state index in [4.69, 9.17) is 5.11 Å². The molecule has 1 unspecified atom stereocenters. The Hall–Kier alpha value is -1.11. The number of amides is 1. The van der Waals surface area contributed by atoms with Crippen LogP contribution in [0, 0.1) is 0 Å². The summed E-state index contributed by atoms with van der Waals surface area (Å²) >= 11 is 0. The van der Waals surface area contributed by atoms with Crippen LogP contribution in [0.3, 0.4) is 0 Å². The summed E-state index contributed by atoms with van der Waals surface area (Å²) in [6.45, 7) is -0.104. The molecule has 1 aliphatic heterocycles. The minimum Gasteiger partial charge on any atom is -0.474 e. The molecule has 1 rings (SSSR count). The molecule has 6 nitrogen and oxygen atoms in total. The number of aliphatic carboxylic acids is 1. The molecule has 0 aromatic carbocycles. The molecule has 1 saturated heterocycles. The predicted octanol–water partition coefficient (Wildman–Crippen LogP) is -1.24. The fraction of sp³-hybridized carbons (Fsp3) is 0.714. The van der Waals surface area contributed by atoms with Gasteiger partial charge in [0.05, 0.1) is 11.0 Å². The topological polar surface area (TPSA) is 101 Å². The average Bonchev–Trinajstić information content (AvgIpc) is 2.40. The molecule has 1 aliphatic rings. The van der Waals surface area contributed by atoms with Gasteiger partial charge in [0, 0.05) is 6.54 Å². The van der Waals surface area contributed by atoms with Gasteiger partial charge in [0.15, 0.2) is 9.84 Å². The Kier molecular flexibility index (Phi) is 3.10. The van der Waals surface area contributed by atoms with Crippen molar-refractivity contribution >= 4 is 21.7 Å². The van der Waals surface area contributed by atoms with Gasteiger partial charge in [0.2, 0.25) is 0 Å². The van der Waals surface area contributed by atoms with Crippen molar-refractivity contribution in [3.63, 3.8) is 0 Å². The molecule has 2 N–H and O–H groups in total. The number of nitrogens with one attached hydrogen (secondary N) is 1. The first kappa shape index (κ1) is 11.0. The third kappa shape index (κ3) is 2.44. The molecule has 1 atom stereocenters. The van der Waals surface area contributed by atoms with Crippen LogP contribution in [-0.2, 0) is 19.4 Å². The zero-order valence-corrected chi connectivity index (χ0v) is 8.21. The predicted molar refractivity (Wildman–Crippen MR) is 47.5 cm³/mol. The normalized spacial score (nSPS) is 24.4. The second-order valence-electron chi connectivity index (χ2n) is 3.15. The zero-order valence-electron chi connectivity index (χ0n) is 7.39. The van der Waals surface area contributed by atoms with Gasteiger partial charge in [-0.25, -0.2) is 13.2 Å². The second-order valence-corrected chi connectivity index (χ2v) is 5.55. The minimum atomic E-state index is -3.12. The largest absolute Gasteiger partial charge is 0.474 e. The van der Waals surface area contributed by atoms with Crippen molar-refractivity contribution in [3.05, 3.63) is 0 Å². The molecule has 0 aliphatic carbocycles. The summed E-state index contributed by atoms with van der Waals surface area (Å²) in [5.41, 5.74) is 0. The first-order valence-electron chi connectivity index (χ1n) is 4.16. The molecule has 1 amide bonds. The van der Waals surface area contributed by atoms with Crippen molar-refractivity contribution < 1.29 is 23.1 Å². The van der Waals surface area contributed by atoms with E-state index in [1.165, 1.54) is 0 Å². The number of carboxylic acids is 1. The van der Waals surface area contributed by atoms with Crippen molar-refractivity contribution in [1.82, 2.24) is 5.32 Å². The summed E-state index contributed by atoms with van der Waals surface area (Å²) in [4.78, 5) is 20.7. The zero-order chi connectivity index (χ0) is 10.8. The van der Waals surface area contributed by atoms with Crippen LogP contribution >= 0.6 is 0 Å². The van der Waals surface area contributed by atoms with E-state index in [1.807, 2.05) is 0 Å². The van der Waals surface area contributed by atoms with E-state index in [-0.39, 0.29) is 12.3 Å². The molecule has 14 heavy (non-hydrogen) atoms. The number of hydrogen-bond acceptors (Lipinski definition) is 4. The van der Waals surface area contributed by atoms with Crippen LogP contribution in [0.4, 0.5) is 0 Å². The van der Waals surface area contributed by atoms with Crippen molar-refractivity contribution in [2.24, 2.45) is 0 Å². The maximum absolute atomic E-state index is 11.2. The Balaban J connectivity index is 2.47. The second kappa shape index (κ2) is 3.95. The number of sulfone groups is 1. The fourth-order valence-corrected chi connectivity index (χ4v) is 3.14. The molecule has 0 bridgehead atoms. The number of carbonyl (C=O) groups excluding carboxylic acids is 1. The van der Waals surface area contributed by atoms with E-state index in [2.05, 4.69) is 5.32 Å². The molecule has 1 fully saturated rings. The smallest absolute Gasteiger partial charge is 0.394 e. The van der Waals surface area contributed by atoms with Crippen molar-refractivity contribution in [1.29, 1.82) is 0 Å². The quantitative estimate of drug-likeness (QED) is 0.568. The van der Waals surface area contributed by atoms with E-state index in [1.54, 1.807) is 0 Å². The highest BCUT2D eigenvalue weighted by Crippen LogP contribution is 2.18. The lowest BCUT2D eigenvalue weighted by Gasteiger charge is -2.08. The van der Waals surface area contributed by atoms with Gasteiger partial charge in [-0.15, -0.1) is 0 Å². The fourth-order valence-electron chi connectivity index (χ4n) is 1.37. The molecule has 0 aromatic rings. The minimum absolute atomic E-state index is 0.104. The number of carbonyl (C=O) groups is 2. The lowest BCUT2D eigenvalue weighted by Crippen LogP contribution is -2.38. The number of rotatable bonds is 2. The van der Waals surface area contributed by atoms with Crippen LogP contribution in [0.1, 0.15) is 12.8 Å². The van der Waals surface area contributed by atoms with Gasteiger partial charge >= 0.3 is 11.9 Å². The van der Waals surface area contributed by atoms with Gasteiger partial charge in [0.1, 0.15) is 0 Å². The van der Waals surface area contributed by atoms with Gasteiger partial charge in [0.25, 0.3) is 0 Å². The Bertz CT molecular complexity index is 347. The Morgan fingerprint density at radius 1 is 1.43 bits per heavy atom. The lowest BCUT2D eigenvalue weighted by molar-refractivity contribution is -0.150. The molecule has 0 saturated carbocycles. The molecule has 80 valence electrons. The molecule has 7 heteroatoms.